The van der Waals surface area contributed by atoms with Crippen LogP contribution in [0.4, 0.5) is 0 Å². The summed E-state index contributed by atoms with van der Waals surface area (Å²) in [5.41, 5.74) is 0. The molecule has 1 saturated heterocycles. The summed E-state index contributed by atoms with van der Waals surface area (Å²) in [4.78, 5) is 14.0. The highest BCUT2D eigenvalue weighted by molar-refractivity contribution is 5.76. The fourth-order valence-corrected chi connectivity index (χ4v) is 2.20. The summed E-state index contributed by atoms with van der Waals surface area (Å²) >= 11 is 0. The zero-order valence-electron chi connectivity index (χ0n) is 11.6. The predicted molar refractivity (Wildman–Crippen MR) is 70.6 cm³/mol. The third-order valence-electron chi connectivity index (χ3n) is 3.32. The van der Waals surface area contributed by atoms with Crippen molar-refractivity contribution in [1.29, 1.82) is 0 Å². The molecule has 1 rings (SSSR count). The lowest BCUT2D eigenvalue weighted by atomic mass is 10.0. The first kappa shape index (κ1) is 15.4. The highest BCUT2D eigenvalue weighted by atomic mass is 16.5. The van der Waals surface area contributed by atoms with Crippen LogP contribution in [0.1, 0.15) is 25.7 Å². The van der Waals surface area contributed by atoms with Crippen LogP contribution in [0.15, 0.2) is 0 Å². The Labute approximate surface area is 110 Å². The molecule has 1 unspecified atom stereocenters. The molecular formula is C13H26N2O3. The van der Waals surface area contributed by atoms with Gasteiger partial charge in [-0.1, -0.05) is 6.42 Å². The van der Waals surface area contributed by atoms with Gasteiger partial charge in [0.25, 0.3) is 0 Å². The van der Waals surface area contributed by atoms with E-state index < -0.39 is 0 Å². The van der Waals surface area contributed by atoms with Crippen molar-refractivity contribution in [2.45, 2.75) is 31.7 Å². The number of carbonyl (C=O) groups is 1. The van der Waals surface area contributed by atoms with Gasteiger partial charge in [-0.2, -0.15) is 0 Å². The number of amides is 1. The van der Waals surface area contributed by atoms with Gasteiger partial charge in [0.05, 0.1) is 13.2 Å². The van der Waals surface area contributed by atoms with E-state index in [9.17, 15) is 4.79 Å². The molecule has 0 spiro atoms. The van der Waals surface area contributed by atoms with Crippen LogP contribution >= 0.6 is 0 Å². The SMILES string of the molecule is COCCN(CCOC)C(=O)CC1CCCCN1. The van der Waals surface area contributed by atoms with Crippen LogP contribution in [0.5, 0.6) is 0 Å². The molecule has 18 heavy (non-hydrogen) atoms. The average molecular weight is 258 g/mol. The molecule has 1 N–H and O–H groups in total. The van der Waals surface area contributed by atoms with E-state index in [1.165, 1.54) is 12.8 Å². The van der Waals surface area contributed by atoms with Crippen molar-refractivity contribution in [3.05, 3.63) is 0 Å². The van der Waals surface area contributed by atoms with Crippen molar-refractivity contribution in [2.24, 2.45) is 0 Å². The number of methoxy groups -OCH3 is 2. The minimum absolute atomic E-state index is 0.198. The zero-order chi connectivity index (χ0) is 13.2. The quantitative estimate of drug-likeness (QED) is 0.694. The highest BCUT2D eigenvalue weighted by Crippen LogP contribution is 2.11. The third-order valence-corrected chi connectivity index (χ3v) is 3.32. The minimum Gasteiger partial charge on any atom is -0.383 e. The molecule has 0 saturated carbocycles. The summed E-state index contributed by atoms with van der Waals surface area (Å²) in [5.74, 6) is 0.198. The predicted octanol–water partition coefficient (Wildman–Crippen LogP) is 0.640. The van der Waals surface area contributed by atoms with Crippen LogP contribution in [0.3, 0.4) is 0 Å². The van der Waals surface area contributed by atoms with Gasteiger partial charge in [-0.15, -0.1) is 0 Å². The van der Waals surface area contributed by atoms with Crippen LogP contribution in [0, 0.1) is 0 Å². The number of rotatable bonds is 8. The smallest absolute Gasteiger partial charge is 0.224 e. The molecule has 0 aliphatic carbocycles. The maximum absolute atomic E-state index is 12.2. The summed E-state index contributed by atoms with van der Waals surface area (Å²) < 4.78 is 10.1. The van der Waals surface area contributed by atoms with Gasteiger partial charge in [0.15, 0.2) is 0 Å². The van der Waals surface area contributed by atoms with E-state index in [2.05, 4.69) is 5.32 Å². The molecular weight excluding hydrogens is 232 g/mol. The van der Waals surface area contributed by atoms with E-state index >= 15 is 0 Å². The van der Waals surface area contributed by atoms with Gasteiger partial charge in [0.1, 0.15) is 0 Å². The largest absolute Gasteiger partial charge is 0.383 e. The second-order valence-corrected chi connectivity index (χ2v) is 4.72. The molecule has 1 fully saturated rings. The van der Waals surface area contributed by atoms with Crippen LogP contribution in [-0.2, 0) is 14.3 Å². The number of hydrogen-bond acceptors (Lipinski definition) is 4. The van der Waals surface area contributed by atoms with Crippen molar-refractivity contribution in [3.63, 3.8) is 0 Å². The molecule has 5 heteroatoms. The fourth-order valence-electron chi connectivity index (χ4n) is 2.20. The molecule has 106 valence electrons. The van der Waals surface area contributed by atoms with E-state index in [4.69, 9.17) is 9.47 Å². The molecule has 0 aromatic heterocycles. The molecule has 1 aliphatic heterocycles. The average Bonchev–Trinajstić information content (AvgIpc) is 2.40. The van der Waals surface area contributed by atoms with Crippen molar-refractivity contribution in [3.8, 4) is 0 Å². The molecule has 0 aromatic rings. The lowest BCUT2D eigenvalue weighted by Crippen LogP contribution is -2.42. The monoisotopic (exact) mass is 258 g/mol. The second kappa shape index (κ2) is 9.30. The van der Waals surface area contributed by atoms with Crippen molar-refractivity contribution in [1.82, 2.24) is 10.2 Å². The third kappa shape index (κ3) is 5.80. The Balaban J connectivity index is 2.35. The molecule has 1 atom stereocenters. The van der Waals surface area contributed by atoms with E-state index in [-0.39, 0.29) is 5.91 Å². The van der Waals surface area contributed by atoms with Gasteiger partial charge in [0.2, 0.25) is 5.91 Å². The van der Waals surface area contributed by atoms with Crippen LogP contribution in [-0.4, -0.2) is 63.9 Å². The minimum atomic E-state index is 0.198. The molecule has 0 radical (unpaired) electrons. The number of hydrogen-bond donors (Lipinski definition) is 1. The fraction of sp³-hybridized carbons (Fsp3) is 0.923. The van der Waals surface area contributed by atoms with Gasteiger partial charge < -0.3 is 19.7 Å². The van der Waals surface area contributed by atoms with Gasteiger partial charge in [-0.05, 0) is 19.4 Å². The number of ether oxygens (including phenoxy) is 2. The zero-order valence-corrected chi connectivity index (χ0v) is 11.6. The maximum atomic E-state index is 12.2. The summed E-state index contributed by atoms with van der Waals surface area (Å²) in [7, 11) is 3.31. The lowest BCUT2D eigenvalue weighted by Gasteiger charge is -2.27. The van der Waals surface area contributed by atoms with Crippen LogP contribution in [0.2, 0.25) is 0 Å². The number of nitrogens with one attached hydrogen (secondary N) is 1. The maximum Gasteiger partial charge on any atom is 0.224 e. The number of carbonyl (C=O) groups excluding carboxylic acids is 1. The molecule has 0 aromatic carbocycles. The molecule has 5 nitrogen and oxygen atoms in total. The second-order valence-electron chi connectivity index (χ2n) is 4.72. The topological polar surface area (TPSA) is 50.8 Å². The summed E-state index contributed by atoms with van der Waals surface area (Å²) in [6.45, 7) is 3.48. The van der Waals surface area contributed by atoms with Gasteiger partial charge in [-0.25, -0.2) is 0 Å². The molecule has 0 bridgehead atoms. The summed E-state index contributed by atoms with van der Waals surface area (Å²) in [6.07, 6.45) is 4.14. The Morgan fingerprint density at radius 3 is 2.39 bits per heavy atom. The Kier molecular flexibility index (Phi) is 7.96. The van der Waals surface area contributed by atoms with Gasteiger partial charge >= 0.3 is 0 Å². The highest BCUT2D eigenvalue weighted by Gasteiger charge is 2.20. The number of nitrogens with zero attached hydrogens (tertiary/aromatic N) is 1. The Hall–Kier alpha value is -0.650. The number of piperidine rings is 1. The van der Waals surface area contributed by atoms with Crippen LogP contribution in [0.25, 0.3) is 0 Å². The van der Waals surface area contributed by atoms with Crippen LogP contribution < -0.4 is 5.32 Å². The first-order valence-corrected chi connectivity index (χ1v) is 6.77. The summed E-state index contributed by atoms with van der Waals surface area (Å²) in [5, 5.41) is 3.41. The van der Waals surface area contributed by atoms with E-state index in [0.717, 1.165) is 13.0 Å². The van der Waals surface area contributed by atoms with Crippen molar-refractivity contribution < 1.29 is 14.3 Å². The Morgan fingerprint density at radius 1 is 1.22 bits per heavy atom. The molecule has 1 aliphatic rings. The molecule has 1 amide bonds. The summed E-state index contributed by atoms with van der Waals surface area (Å²) in [6, 6.07) is 0.346. The first-order chi connectivity index (χ1) is 8.77. The van der Waals surface area contributed by atoms with E-state index in [0.29, 0.717) is 38.8 Å². The Morgan fingerprint density at radius 2 is 1.89 bits per heavy atom. The van der Waals surface area contributed by atoms with Gasteiger partial charge in [0, 0.05) is 39.8 Å². The van der Waals surface area contributed by atoms with Crippen molar-refractivity contribution >= 4 is 5.91 Å². The van der Waals surface area contributed by atoms with Crippen molar-refractivity contribution in [2.75, 3.05) is 47.1 Å². The Bertz CT molecular complexity index is 222. The normalized spacial score (nSPS) is 19.8. The lowest BCUT2D eigenvalue weighted by molar-refractivity contribution is -0.133. The first-order valence-electron chi connectivity index (χ1n) is 6.77. The van der Waals surface area contributed by atoms with E-state index in [1.54, 1.807) is 14.2 Å². The standard InChI is InChI=1S/C13H26N2O3/c1-17-9-7-15(8-10-18-2)13(16)11-12-5-3-4-6-14-12/h12,14H,3-11H2,1-2H3. The van der Waals surface area contributed by atoms with Gasteiger partial charge in [-0.3, -0.25) is 4.79 Å². The van der Waals surface area contributed by atoms with E-state index in [1.807, 2.05) is 4.90 Å². The molecule has 1 heterocycles.